The van der Waals surface area contributed by atoms with Gasteiger partial charge in [0.05, 0.1) is 16.2 Å². The van der Waals surface area contributed by atoms with Crippen molar-refractivity contribution in [2.75, 3.05) is 0 Å². The Bertz CT molecular complexity index is 808. The molecule has 0 atom stereocenters. The molecule has 4 heteroatoms. The third-order valence-electron chi connectivity index (χ3n) is 3.65. The standard InChI is InChI=1S/C18H18ClNO2/c1-12(2)20-14(10-13-6-5-7-15(19)18(13)20)11-22-17-9-4-3-8-16(17)21/h3-10,12,21H,11H2,1-2H3. The number of rotatable bonds is 4. The molecule has 3 rings (SSSR count). The molecule has 1 N–H and O–H groups in total. The molecule has 0 spiro atoms. The number of benzene rings is 2. The molecule has 0 bridgehead atoms. The van der Waals surface area contributed by atoms with Crippen molar-refractivity contribution in [1.82, 2.24) is 4.57 Å². The predicted octanol–water partition coefficient (Wildman–Crippen LogP) is 5.16. The molecule has 22 heavy (non-hydrogen) atoms. The Kier molecular flexibility index (Phi) is 3.99. The van der Waals surface area contributed by atoms with Gasteiger partial charge in [0.2, 0.25) is 0 Å². The molecule has 3 nitrogen and oxygen atoms in total. The minimum absolute atomic E-state index is 0.146. The van der Waals surface area contributed by atoms with Crippen LogP contribution in [0.1, 0.15) is 25.6 Å². The number of aromatic hydroxyl groups is 1. The Morgan fingerprint density at radius 3 is 2.64 bits per heavy atom. The summed E-state index contributed by atoms with van der Waals surface area (Å²) < 4.78 is 7.95. The van der Waals surface area contributed by atoms with Crippen molar-refractivity contribution in [2.24, 2.45) is 0 Å². The molecule has 0 unspecified atom stereocenters. The van der Waals surface area contributed by atoms with Gasteiger partial charge in [0.15, 0.2) is 11.5 Å². The van der Waals surface area contributed by atoms with Gasteiger partial charge in [0, 0.05) is 11.4 Å². The van der Waals surface area contributed by atoms with Gasteiger partial charge in [-0.05, 0) is 38.1 Å². The number of phenols is 1. The first-order chi connectivity index (χ1) is 10.6. The Hall–Kier alpha value is -2.13. The third kappa shape index (κ3) is 2.64. The summed E-state index contributed by atoms with van der Waals surface area (Å²) >= 11 is 6.36. The van der Waals surface area contributed by atoms with E-state index in [-0.39, 0.29) is 11.8 Å². The van der Waals surface area contributed by atoms with Crippen LogP contribution in [0.3, 0.4) is 0 Å². The van der Waals surface area contributed by atoms with Crippen LogP contribution in [-0.4, -0.2) is 9.67 Å². The smallest absolute Gasteiger partial charge is 0.161 e. The summed E-state index contributed by atoms with van der Waals surface area (Å²) in [6, 6.07) is 15.2. The molecule has 0 saturated carbocycles. The zero-order valence-corrected chi connectivity index (χ0v) is 13.3. The number of para-hydroxylation sites is 3. The van der Waals surface area contributed by atoms with Crippen molar-refractivity contribution >= 4 is 22.5 Å². The molecule has 0 radical (unpaired) electrons. The van der Waals surface area contributed by atoms with Crippen LogP contribution >= 0.6 is 11.6 Å². The van der Waals surface area contributed by atoms with E-state index in [1.54, 1.807) is 18.2 Å². The second-order valence-electron chi connectivity index (χ2n) is 5.53. The predicted molar refractivity (Wildman–Crippen MR) is 89.8 cm³/mol. The van der Waals surface area contributed by atoms with Gasteiger partial charge in [-0.15, -0.1) is 0 Å². The number of halogens is 1. The number of nitrogens with zero attached hydrogens (tertiary/aromatic N) is 1. The average molecular weight is 316 g/mol. The van der Waals surface area contributed by atoms with Crippen LogP contribution in [0.2, 0.25) is 5.02 Å². The van der Waals surface area contributed by atoms with Gasteiger partial charge < -0.3 is 14.4 Å². The van der Waals surface area contributed by atoms with Crippen LogP contribution in [0, 0.1) is 0 Å². The molecular weight excluding hydrogens is 298 g/mol. The molecule has 0 amide bonds. The largest absolute Gasteiger partial charge is 0.504 e. The third-order valence-corrected chi connectivity index (χ3v) is 3.95. The van der Waals surface area contributed by atoms with E-state index >= 15 is 0 Å². The molecule has 0 aliphatic carbocycles. The van der Waals surface area contributed by atoms with Crippen LogP contribution < -0.4 is 4.74 Å². The number of fused-ring (bicyclic) bond motifs is 1. The van der Waals surface area contributed by atoms with Gasteiger partial charge in [0.1, 0.15) is 6.61 Å². The van der Waals surface area contributed by atoms with Crippen molar-refractivity contribution in [2.45, 2.75) is 26.5 Å². The Labute approximate surface area is 134 Å². The highest BCUT2D eigenvalue weighted by atomic mass is 35.5. The summed E-state index contributed by atoms with van der Waals surface area (Å²) in [6.07, 6.45) is 0. The van der Waals surface area contributed by atoms with Gasteiger partial charge in [-0.25, -0.2) is 0 Å². The van der Waals surface area contributed by atoms with Gasteiger partial charge in [-0.3, -0.25) is 0 Å². The molecule has 2 aromatic carbocycles. The Morgan fingerprint density at radius 1 is 1.14 bits per heavy atom. The van der Waals surface area contributed by atoms with Gasteiger partial charge in [-0.1, -0.05) is 35.9 Å². The zero-order chi connectivity index (χ0) is 15.7. The van der Waals surface area contributed by atoms with Crippen LogP contribution in [0.4, 0.5) is 0 Å². The lowest BCUT2D eigenvalue weighted by molar-refractivity contribution is 0.278. The normalized spacial score (nSPS) is 11.3. The Morgan fingerprint density at radius 2 is 1.91 bits per heavy atom. The number of hydrogen-bond acceptors (Lipinski definition) is 2. The van der Waals surface area contributed by atoms with Crippen LogP contribution in [0.15, 0.2) is 48.5 Å². The molecule has 0 saturated heterocycles. The van der Waals surface area contributed by atoms with Crippen molar-refractivity contribution in [3.05, 3.63) is 59.2 Å². The first kappa shape index (κ1) is 14.8. The quantitative estimate of drug-likeness (QED) is 0.721. The van der Waals surface area contributed by atoms with Gasteiger partial charge in [0.25, 0.3) is 0 Å². The summed E-state index contributed by atoms with van der Waals surface area (Å²) in [5.41, 5.74) is 2.05. The maximum absolute atomic E-state index is 9.80. The maximum atomic E-state index is 9.80. The van der Waals surface area contributed by atoms with E-state index in [1.165, 1.54) is 0 Å². The molecule has 1 aromatic heterocycles. The summed E-state index contributed by atoms with van der Waals surface area (Å²) in [5, 5.41) is 11.6. The van der Waals surface area contributed by atoms with Crippen molar-refractivity contribution < 1.29 is 9.84 Å². The molecule has 3 aromatic rings. The van der Waals surface area contributed by atoms with Crippen LogP contribution in [-0.2, 0) is 6.61 Å². The lowest BCUT2D eigenvalue weighted by Crippen LogP contribution is -2.08. The molecule has 0 aliphatic rings. The Balaban J connectivity index is 1.99. The van der Waals surface area contributed by atoms with Crippen molar-refractivity contribution in [3.8, 4) is 11.5 Å². The number of ether oxygens (including phenoxy) is 1. The molecule has 0 aliphatic heterocycles. The highest BCUT2D eigenvalue weighted by molar-refractivity contribution is 6.35. The van der Waals surface area contributed by atoms with E-state index in [9.17, 15) is 5.11 Å². The highest BCUT2D eigenvalue weighted by Crippen LogP contribution is 2.31. The number of phenolic OH excluding ortho intramolecular Hbond substituents is 1. The first-order valence-electron chi connectivity index (χ1n) is 7.27. The minimum Gasteiger partial charge on any atom is -0.504 e. The maximum Gasteiger partial charge on any atom is 0.161 e. The topological polar surface area (TPSA) is 34.4 Å². The zero-order valence-electron chi connectivity index (χ0n) is 12.6. The van der Waals surface area contributed by atoms with Crippen molar-refractivity contribution in [3.63, 3.8) is 0 Å². The molecular formula is C18H18ClNO2. The fourth-order valence-electron chi connectivity index (χ4n) is 2.73. The number of hydrogen-bond donors (Lipinski definition) is 1. The summed E-state index contributed by atoms with van der Waals surface area (Å²) in [4.78, 5) is 0. The van der Waals surface area contributed by atoms with E-state index in [2.05, 4.69) is 24.5 Å². The lowest BCUT2D eigenvalue weighted by atomic mass is 10.2. The van der Waals surface area contributed by atoms with Crippen molar-refractivity contribution in [1.29, 1.82) is 0 Å². The summed E-state index contributed by atoms with van der Waals surface area (Å²) in [6.45, 7) is 4.61. The van der Waals surface area contributed by atoms with E-state index in [4.69, 9.17) is 16.3 Å². The first-order valence-corrected chi connectivity index (χ1v) is 7.65. The summed E-state index contributed by atoms with van der Waals surface area (Å²) in [5.74, 6) is 0.627. The molecule has 0 fully saturated rings. The van der Waals surface area contributed by atoms with E-state index in [0.717, 1.165) is 21.6 Å². The fourth-order valence-corrected chi connectivity index (χ4v) is 3.00. The van der Waals surface area contributed by atoms with Crippen LogP contribution in [0.25, 0.3) is 10.9 Å². The summed E-state index contributed by atoms with van der Waals surface area (Å²) in [7, 11) is 0. The molecule has 1 heterocycles. The second-order valence-corrected chi connectivity index (χ2v) is 5.94. The fraction of sp³-hybridized carbons (Fsp3) is 0.222. The average Bonchev–Trinajstić information content (AvgIpc) is 2.86. The van der Waals surface area contributed by atoms with E-state index in [1.807, 2.05) is 24.3 Å². The monoisotopic (exact) mass is 315 g/mol. The second kappa shape index (κ2) is 5.93. The molecule has 114 valence electrons. The minimum atomic E-state index is 0.146. The number of aromatic nitrogens is 1. The SMILES string of the molecule is CC(C)n1c(COc2ccccc2O)cc2cccc(Cl)c21. The van der Waals surface area contributed by atoms with Gasteiger partial charge in [-0.2, -0.15) is 0 Å². The van der Waals surface area contributed by atoms with Gasteiger partial charge >= 0.3 is 0 Å². The lowest BCUT2D eigenvalue weighted by Gasteiger charge is -2.16. The highest BCUT2D eigenvalue weighted by Gasteiger charge is 2.14. The van der Waals surface area contributed by atoms with Crippen LogP contribution in [0.5, 0.6) is 11.5 Å². The van der Waals surface area contributed by atoms with E-state index in [0.29, 0.717) is 12.4 Å². The van der Waals surface area contributed by atoms with E-state index < -0.39 is 0 Å².